The average Bonchev–Trinajstić information content (AvgIpc) is 2.50. The molecule has 1 aliphatic rings. The van der Waals surface area contributed by atoms with Crippen LogP contribution in [0.3, 0.4) is 0 Å². The first-order valence-corrected chi connectivity index (χ1v) is 3.76. The molecule has 2 nitrogen and oxygen atoms in total. The number of hydrogen-bond donors (Lipinski definition) is 0. The molecular formula is C9H8N2. The summed E-state index contributed by atoms with van der Waals surface area (Å²) >= 11 is 0. The molecule has 0 bridgehead atoms. The Kier molecular flexibility index (Phi) is 1.36. The predicted molar refractivity (Wildman–Crippen MR) is 42.5 cm³/mol. The highest BCUT2D eigenvalue weighted by Crippen LogP contribution is 2.22. The van der Waals surface area contributed by atoms with Gasteiger partial charge in [0.05, 0.1) is 0 Å². The van der Waals surface area contributed by atoms with Crippen molar-refractivity contribution >= 4 is 5.82 Å². The van der Waals surface area contributed by atoms with Gasteiger partial charge >= 0.3 is 0 Å². The first kappa shape index (κ1) is 6.36. The van der Waals surface area contributed by atoms with Gasteiger partial charge < -0.3 is 4.85 Å². The Morgan fingerprint density at radius 2 is 2.27 bits per heavy atom. The lowest BCUT2D eigenvalue weighted by Crippen LogP contribution is -1.85. The molecule has 0 N–H and O–H groups in total. The van der Waals surface area contributed by atoms with Crippen LogP contribution in [-0.4, -0.2) is 4.98 Å². The van der Waals surface area contributed by atoms with Crippen LogP contribution >= 0.6 is 0 Å². The fourth-order valence-corrected chi connectivity index (χ4v) is 1.47. The van der Waals surface area contributed by atoms with E-state index >= 15 is 0 Å². The molecule has 0 spiro atoms. The number of rotatable bonds is 0. The summed E-state index contributed by atoms with van der Waals surface area (Å²) in [4.78, 5) is 7.50. The number of fused-ring (bicyclic) bond motifs is 1. The molecule has 0 unspecified atom stereocenters. The number of hydrogen-bond acceptors (Lipinski definition) is 1. The van der Waals surface area contributed by atoms with Crippen molar-refractivity contribution < 1.29 is 0 Å². The van der Waals surface area contributed by atoms with Gasteiger partial charge in [0.15, 0.2) is 0 Å². The van der Waals surface area contributed by atoms with Crippen LogP contribution in [0.2, 0.25) is 0 Å². The third-order valence-corrected chi connectivity index (χ3v) is 2.03. The number of aryl methyl sites for hydroxylation is 2. The van der Waals surface area contributed by atoms with E-state index in [4.69, 9.17) is 6.57 Å². The normalized spacial score (nSPS) is 14.1. The number of pyridine rings is 1. The Bertz CT molecular complexity index is 323. The predicted octanol–water partition coefficient (Wildman–Crippen LogP) is 2.12. The van der Waals surface area contributed by atoms with Gasteiger partial charge in [0.2, 0.25) is 0 Å². The van der Waals surface area contributed by atoms with Gasteiger partial charge in [-0.2, -0.15) is 0 Å². The topological polar surface area (TPSA) is 17.2 Å². The lowest BCUT2D eigenvalue weighted by atomic mass is 10.2. The summed E-state index contributed by atoms with van der Waals surface area (Å²) in [5.41, 5.74) is 2.47. The minimum atomic E-state index is 0.533. The molecule has 1 aliphatic carbocycles. The van der Waals surface area contributed by atoms with Crippen molar-refractivity contribution in [3.63, 3.8) is 0 Å². The zero-order chi connectivity index (χ0) is 7.68. The van der Waals surface area contributed by atoms with Crippen LogP contribution < -0.4 is 0 Å². The Morgan fingerprint density at radius 3 is 3.09 bits per heavy atom. The smallest absolute Gasteiger partial charge is 0.269 e. The SMILES string of the molecule is [C-]#[N+]c1ccc2c(n1)CCC2. The molecule has 0 aromatic carbocycles. The first-order chi connectivity index (χ1) is 5.40. The Labute approximate surface area is 65.7 Å². The third-order valence-electron chi connectivity index (χ3n) is 2.03. The largest absolute Gasteiger partial charge is 0.361 e. The van der Waals surface area contributed by atoms with E-state index in [9.17, 15) is 0 Å². The van der Waals surface area contributed by atoms with Crippen LogP contribution in [-0.2, 0) is 12.8 Å². The standard InChI is InChI=1S/C9H8N2/c1-10-9-6-5-7-3-2-4-8(7)11-9/h5-6H,2-4H2. The van der Waals surface area contributed by atoms with E-state index in [1.54, 1.807) is 6.07 Å². The highest BCUT2D eigenvalue weighted by molar-refractivity contribution is 5.40. The second-order valence-corrected chi connectivity index (χ2v) is 2.74. The molecule has 1 aromatic rings. The van der Waals surface area contributed by atoms with Crippen molar-refractivity contribution in [2.75, 3.05) is 0 Å². The first-order valence-electron chi connectivity index (χ1n) is 3.76. The molecule has 54 valence electrons. The van der Waals surface area contributed by atoms with E-state index in [0.29, 0.717) is 5.82 Å². The maximum absolute atomic E-state index is 6.77. The number of nitrogens with zero attached hydrogens (tertiary/aromatic N) is 2. The lowest BCUT2D eigenvalue weighted by molar-refractivity contribution is 0.900. The quantitative estimate of drug-likeness (QED) is 0.510. The second-order valence-electron chi connectivity index (χ2n) is 2.74. The lowest BCUT2D eigenvalue weighted by Gasteiger charge is -1.92. The van der Waals surface area contributed by atoms with Gasteiger partial charge in [-0.1, -0.05) is 12.6 Å². The molecule has 1 aromatic heterocycles. The molecule has 0 atom stereocenters. The Morgan fingerprint density at radius 1 is 1.36 bits per heavy atom. The maximum Gasteiger partial charge on any atom is 0.269 e. The summed E-state index contributed by atoms with van der Waals surface area (Å²) < 4.78 is 0. The Hall–Kier alpha value is -1.36. The zero-order valence-corrected chi connectivity index (χ0v) is 6.17. The maximum atomic E-state index is 6.77. The minimum absolute atomic E-state index is 0.533. The molecule has 1 heterocycles. The van der Waals surface area contributed by atoms with E-state index in [1.807, 2.05) is 6.07 Å². The van der Waals surface area contributed by atoms with Crippen molar-refractivity contribution in [1.82, 2.24) is 4.98 Å². The van der Waals surface area contributed by atoms with Crippen LogP contribution in [0.25, 0.3) is 4.85 Å². The summed E-state index contributed by atoms with van der Waals surface area (Å²) in [7, 11) is 0. The monoisotopic (exact) mass is 144 g/mol. The van der Waals surface area contributed by atoms with Crippen LogP contribution in [0.1, 0.15) is 17.7 Å². The van der Waals surface area contributed by atoms with Crippen LogP contribution in [0.15, 0.2) is 12.1 Å². The van der Waals surface area contributed by atoms with Crippen molar-refractivity contribution in [2.24, 2.45) is 0 Å². The van der Waals surface area contributed by atoms with Crippen LogP contribution in [0, 0.1) is 6.57 Å². The van der Waals surface area contributed by atoms with E-state index in [1.165, 1.54) is 12.0 Å². The molecule has 2 heteroatoms. The summed E-state index contributed by atoms with van der Waals surface area (Å²) in [5.74, 6) is 0.533. The van der Waals surface area contributed by atoms with Crippen molar-refractivity contribution in [1.29, 1.82) is 0 Å². The summed E-state index contributed by atoms with van der Waals surface area (Å²) in [6, 6.07) is 3.83. The van der Waals surface area contributed by atoms with Crippen molar-refractivity contribution in [3.8, 4) is 0 Å². The minimum Gasteiger partial charge on any atom is -0.361 e. The average molecular weight is 144 g/mol. The molecule has 0 amide bonds. The summed E-state index contributed by atoms with van der Waals surface area (Å²) in [6.45, 7) is 6.77. The molecule has 0 radical (unpaired) electrons. The van der Waals surface area contributed by atoms with Crippen molar-refractivity contribution in [2.45, 2.75) is 19.3 Å². The van der Waals surface area contributed by atoms with Gasteiger partial charge in [0, 0.05) is 6.42 Å². The molecule has 0 aliphatic heterocycles. The highest BCUT2D eigenvalue weighted by Gasteiger charge is 2.14. The molecule has 2 rings (SSSR count). The molecule has 0 fully saturated rings. The van der Waals surface area contributed by atoms with Gasteiger partial charge in [-0.3, -0.25) is 0 Å². The molecule has 0 saturated heterocycles. The van der Waals surface area contributed by atoms with Crippen LogP contribution in [0.5, 0.6) is 0 Å². The summed E-state index contributed by atoms with van der Waals surface area (Å²) in [5, 5.41) is 0. The van der Waals surface area contributed by atoms with Gasteiger partial charge in [-0.05, 0) is 24.5 Å². The fraction of sp³-hybridized carbons (Fsp3) is 0.333. The van der Waals surface area contributed by atoms with Gasteiger partial charge in [0.25, 0.3) is 5.82 Å². The van der Waals surface area contributed by atoms with Gasteiger partial charge in [-0.25, -0.2) is 0 Å². The second kappa shape index (κ2) is 2.35. The van der Waals surface area contributed by atoms with E-state index in [2.05, 4.69) is 9.83 Å². The van der Waals surface area contributed by atoms with Crippen molar-refractivity contribution in [3.05, 3.63) is 34.8 Å². The molecule has 0 saturated carbocycles. The van der Waals surface area contributed by atoms with Crippen LogP contribution in [0.4, 0.5) is 5.82 Å². The third kappa shape index (κ3) is 0.988. The van der Waals surface area contributed by atoms with Gasteiger partial charge in [-0.15, -0.1) is 4.98 Å². The molecular weight excluding hydrogens is 136 g/mol. The van der Waals surface area contributed by atoms with E-state index in [0.717, 1.165) is 18.5 Å². The number of aromatic nitrogens is 1. The fourth-order valence-electron chi connectivity index (χ4n) is 1.47. The van der Waals surface area contributed by atoms with Gasteiger partial charge in [0.1, 0.15) is 5.69 Å². The zero-order valence-electron chi connectivity index (χ0n) is 6.17. The van der Waals surface area contributed by atoms with E-state index < -0.39 is 0 Å². The highest BCUT2D eigenvalue weighted by atomic mass is 14.9. The molecule has 11 heavy (non-hydrogen) atoms. The van der Waals surface area contributed by atoms with E-state index in [-0.39, 0.29) is 0 Å². The summed E-state index contributed by atoms with van der Waals surface area (Å²) in [6.07, 6.45) is 3.39. The Balaban J connectivity index is 2.51.